The Kier molecular flexibility index (Phi) is 3.67. The number of esters is 2. The number of fused-ring (bicyclic) bond motifs is 3. The lowest BCUT2D eigenvalue weighted by molar-refractivity contribution is -0.164. The number of epoxide rings is 1. The third kappa shape index (κ3) is 2.62. The highest BCUT2D eigenvalue weighted by molar-refractivity contribution is 6.00. The monoisotopic (exact) mass is 376 g/mol. The summed E-state index contributed by atoms with van der Waals surface area (Å²) in [4.78, 5) is 37.1. The normalized spacial score (nSPS) is 43.0. The molecule has 8 nitrogen and oxygen atoms in total. The van der Waals surface area contributed by atoms with E-state index in [9.17, 15) is 19.5 Å². The highest BCUT2D eigenvalue weighted by Crippen LogP contribution is 2.44. The minimum absolute atomic E-state index is 0.0372. The molecule has 4 rings (SSSR count). The maximum absolute atomic E-state index is 12.5. The van der Waals surface area contributed by atoms with Crippen molar-refractivity contribution in [3.8, 4) is 0 Å². The third-order valence-electron chi connectivity index (χ3n) is 5.62. The number of ether oxygens (including phenoxy) is 4. The number of aliphatic hydroxyl groups is 1. The molecule has 6 atom stereocenters. The fraction of sp³-hybridized carbons (Fsp3) is 0.526. The summed E-state index contributed by atoms with van der Waals surface area (Å²) >= 11 is 0. The number of aliphatic hydroxyl groups excluding tert-OH is 1. The highest BCUT2D eigenvalue weighted by atomic mass is 16.6. The van der Waals surface area contributed by atoms with Crippen molar-refractivity contribution >= 4 is 17.7 Å². The summed E-state index contributed by atoms with van der Waals surface area (Å²) in [7, 11) is 0. The predicted octanol–water partition coefficient (Wildman–Crippen LogP) is 0.348. The van der Waals surface area contributed by atoms with Crippen molar-refractivity contribution in [1.82, 2.24) is 0 Å². The van der Waals surface area contributed by atoms with Crippen LogP contribution in [-0.2, 0) is 33.3 Å². The van der Waals surface area contributed by atoms with Crippen LogP contribution in [0.1, 0.15) is 20.3 Å². The molecule has 4 aliphatic heterocycles. The lowest BCUT2D eigenvalue weighted by Crippen LogP contribution is -2.46. The zero-order chi connectivity index (χ0) is 19.7. The molecule has 0 saturated carbocycles. The van der Waals surface area contributed by atoms with Crippen LogP contribution in [-0.4, -0.2) is 58.9 Å². The van der Waals surface area contributed by atoms with Gasteiger partial charge in [-0.15, -0.1) is 0 Å². The summed E-state index contributed by atoms with van der Waals surface area (Å²) in [5.41, 5.74) is -2.19. The SMILES string of the molecule is C=C1C(=O)O[C@H]2[C@H]1[C@@H](OC(=O)[C@@]1(C)CO1)C[C@@]1(C)OC(=CC1=O)C(=C)[C@H]2O. The number of hydrogen-bond acceptors (Lipinski definition) is 8. The van der Waals surface area contributed by atoms with E-state index < -0.39 is 47.4 Å². The van der Waals surface area contributed by atoms with Crippen molar-refractivity contribution in [2.45, 2.75) is 49.8 Å². The van der Waals surface area contributed by atoms with Gasteiger partial charge in [-0.1, -0.05) is 13.2 Å². The van der Waals surface area contributed by atoms with Crippen molar-refractivity contribution in [2.75, 3.05) is 6.61 Å². The van der Waals surface area contributed by atoms with E-state index in [1.54, 1.807) is 13.8 Å². The summed E-state index contributed by atoms with van der Waals surface area (Å²) in [6.45, 7) is 10.9. The van der Waals surface area contributed by atoms with Gasteiger partial charge >= 0.3 is 11.9 Å². The van der Waals surface area contributed by atoms with Gasteiger partial charge < -0.3 is 24.1 Å². The van der Waals surface area contributed by atoms with E-state index in [0.717, 1.165) is 0 Å². The van der Waals surface area contributed by atoms with Gasteiger partial charge in [0.05, 0.1) is 12.5 Å². The Morgan fingerprint density at radius 1 is 1.30 bits per heavy atom. The molecule has 4 heterocycles. The summed E-state index contributed by atoms with van der Waals surface area (Å²) in [5.74, 6) is -2.36. The Bertz CT molecular complexity index is 820. The van der Waals surface area contributed by atoms with Gasteiger partial charge in [0.15, 0.2) is 11.2 Å². The first-order chi connectivity index (χ1) is 12.6. The molecular weight excluding hydrogens is 356 g/mol. The largest absolute Gasteiger partial charge is 0.479 e. The van der Waals surface area contributed by atoms with Gasteiger partial charge in [0.25, 0.3) is 0 Å². The Morgan fingerprint density at radius 2 is 1.96 bits per heavy atom. The third-order valence-corrected chi connectivity index (χ3v) is 5.62. The van der Waals surface area contributed by atoms with Crippen LogP contribution >= 0.6 is 0 Å². The first kappa shape index (κ1) is 17.9. The van der Waals surface area contributed by atoms with Crippen LogP contribution in [0.25, 0.3) is 0 Å². The summed E-state index contributed by atoms with van der Waals surface area (Å²) in [5, 5.41) is 10.7. The van der Waals surface area contributed by atoms with Crippen LogP contribution < -0.4 is 0 Å². The van der Waals surface area contributed by atoms with Gasteiger partial charge in [-0.3, -0.25) is 4.79 Å². The second-order valence-electron chi connectivity index (χ2n) is 7.76. The zero-order valence-electron chi connectivity index (χ0n) is 15.0. The second-order valence-corrected chi connectivity index (χ2v) is 7.76. The van der Waals surface area contributed by atoms with E-state index in [4.69, 9.17) is 18.9 Å². The molecule has 0 aliphatic carbocycles. The number of carbonyl (C=O) groups excluding carboxylic acids is 3. The Labute approximate surface area is 155 Å². The van der Waals surface area contributed by atoms with Crippen LogP contribution in [0.4, 0.5) is 0 Å². The molecule has 8 heteroatoms. The molecule has 0 unspecified atom stereocenters. The number of ketones is 1. The van der Waals surface area contributed by atoms with Crippen molar-refractivity contribution in [2.24, 2.45) is 5.92 Å². The lowest BCUT2D eigenvalue weighted by Gasteiger charge is -2.32. The van der Waals surface area contributed by atoms with E-state index in [0.29, 0.717) is 0 Å². The van der Waals surface area contributed by atoms with Crippen molar-refractivity contribution in [1.29, 1.82) is 0 Å². The first-order valence-electron chi connectivity index (χ1n) is 8.63. The molecule has 3 fully saturated rings. The molecule has 144 valence electrons. The maximum Gasteiger partial charge on any atom is 0.340 e. The van der Waals surface area contributed by atoms with Crippen LogP contribution in [0.5, 0.6) is 0 Å². The Hall–Kier alpha value is -2.45. The molecule has 0 aromatic heterocycles. The molecule has 2 bridgehead atoms. The highest BCUT2D eigenvalue weighted by Gasteiger charge is 2.57. The molecule has 0 amide bonds. The average Bonchev–Trinajstić information content (AvgIpc) is 3.19. The van der Waals surface area contributed by atoms with Crippen molar-refractivity contribution in [3.63, 3.8) is 0 Å². The minimum Gasteiger partial charge on any atom is -0.479 e. The quantitative estimate of drug-likeness (QED) is 0.417. The Morgan fingerprint density at radius 3 is 2.59 bits per heavy atom. The standard InChI is InChI=1S/C19H20O8/c1-8-10-5-12(20)18(3,27-10)6-11(25-17(23)19(4)7-24-19)13-9(2)16(22)26-15(13)14(8)21/h5,11,13-15,21H,1-2,6-7H2,3-4H3/t11-,13+,14+,15-,18+,19+/m0/s1. The van der Waals surface area contributed by atoms with E-state index in [1.165, 1.54) is 6.08 Å². The van der Waals surface area contributed by atoms with Crippen LogP contribution in [0, 0.1) is 5.92 Å². The average molecular weight is 376 g/mol. The number of hydrogen-bond donors (Lipinski definition) is 1. The van der Waals surface area contributed by atoms with Gasteiger partial charge in [0.1, 0.15) is 24.1 Å². The summed E-state index contributed by atoms with van der Waals surface area (Å²) < 4.78 is 21.8. The zero-order valence-corrected chi connectivity index (χ0v) is 15.0. The first-order valence-corrected chi connectivity index (χ1v) is 8.63. The van der Waals surface area contributed by atoms with Gasteiger partial charge in [-0.2, -0.15) is 0 Å². The molecular formula is C19H20O8. The Balaban J connectivity index is 1.76. The fourth-order valence-electron chi connectivity index (χ4n) is 3.66. The molecule has 27 heavy (non-hydrogen) atoms. The van der Waals surface area contributed by atoms with Crippen molar-refractivity contribution < 1.29 is 38.4 Å². The van der Waals surface area contributed by atoms with E-state index in [-0.39, 0.29) is 35.7 Å². The van der Waals surface area contributed by atoms with E-state index in [2.05, 4.69) is 13.2 Å². The second kappa shape index (κ2) is 5.53. The van der Waals surface area contributed by atoms with Crippen molar-refractivity contribution in [3.05, 3.63) is 36.1 Å². The summed E-state index contributed by atoms with van der Waals surface area (Å²) in [6.07, 6.45) is -2.16. The smallest absolute Gasteiger partial charge is 0.340 e. The molecule has 0 radical (unpaired) electrons. The maximum atomic E-state index is 12.5. The van der Waals surface area contributed by atoms with E-state index in [1.807, 2.05) is 0 Å². The van der Waals surface area contributed by atoms with Gasteiger partial charge in [0.2, 0.25) is 5.78 Å². The van der Waals surface area contributed by atoms with Crippen LogP contribution in [0.2, 0.25) is 0 Å². The molecule has 1 N–H and O–H groups in total. The minimum atomic E-state index is -1.34. The molecule has 0 aromatic rings. The lowest BCUT2D eigenvalue weighted by atomic mass is 9.80. The topological polar surface area (TPSA) is 112 Å². The van der Waals surface area contributed by atoms with Gasteiger partial charge in [-0.25, -0.2) is 9.59 Å². The number of rotatable bonds is 2. The summed E-state index contributed by atoms with van der Waals surface area (Å²) in [6, 6.07) is 0. The molecule has 0 aromatic carbocycles. The number of carbonyl (C=O) groups is 3. The molecule has 3 saturated heterocycles. The van der Waals surface area contributed by atoms with E-state index >= 15 is 0 Å². The van der Waals surface area contributed by atoms with Crippen LogP contribution in [0.3, 0.4) is 0 Å². The predicted molar refractivity (Wildman–Crippen MR) is 89.1 cm³/mol. The fourth-order valence-corrected chi connectivity index (χ4v) is 3.66. The molecule has 0 spiro atoms. The van der Waals surface area contributed by atoms with Gasteiger partial charge in [0, 0.05) is 23.6 Å². The molecule has 4 aliphatic rings. The van der Waals surface area contributed by atoms with Crippen LogP contribution in [0.15, 0.2) is 36.1 Å². The van der Waals surface area contributed by atoms with Gasteiger partial charge in [-0.05, 0) is 13.8 Å².